The van der Waals surface area contributed by atoms with Gasteiger partial charge in [0.25, 0.3) is 0 Å². The standard InChI is InChI=1S/C97H114O22P2/c1-72(2)120(99,114-65-82-52-32-14-33-53-82)118-92-88(67-103-57-74-36-16-6-17-37-74)116-96(94(92)101-4)113-71-87(109-62-79-46-26-11-27-47-79)91(111-64-81-50-30-13-31-51-81)85(107-60-77-42-22-9-23-43-77)69-105-73(3)121(100,115-66-83-54-34-15-35-55-83)119-93-89(68-104-58-75-38-18-7-19-39-75)117-97(95(93)102-5)112-70-86(108-61-78-44-24-10-25-45-78)90(110-63-80-48-28-12-29-49-80)84(56-98)106-59-76-40-20-8-21-41-76/h6-55,72-73,84-98H,56-71H2,1-5H3. The van der Waals surface area contributed by atoms with Crippen molar-refractivity contribution in [3.8, 4) is 0 Å². The maximum atomic E-state index is 16.9. The number of hydrogen-bond donors (Lipinski definition) is 1. The van der Waals surface area contributed by atoms with Gasteiger partial charge in [-0.3, -0.25) is 18.2 Å². The largest absolute Gasteiger partial charge is 0.394 e. The van der Waals surface area contributed by atoms with Crippen LogP contribution in [0.25, 0.3) is 0 Å². The molecule has 17 atom stereocenters. The zero-order valence-electron chi connectivity index (χ0n) is 69.3. The normalized spacial score (nSPS) is 20.7. The van der Waals surface area contributed by atoms with Gasteiger partial charge in [0, 0.05) is 14.2 Å². The van der Waals surface area contributed by atoms with Crippen molar-refractivity contribution in [3.05, 3.63) is 359 Å². The summed E-state index contributed by atoms with van der Waals surface area (Å²) in [5, 5.41) is 11.3. The summed E-state index contributed by atoms with van der Waals surface area (Å²) < 4.78 is 161. The smallest absolute Gasteiger partial charge is 0.359 e. The van der Waals surface area contributed by atoms with E-state index in [2.05, 4.69) is 0 Å². The Morgan fingerprint density at radius 1 is 0.306 bits per heavy atom. The molecule has 12 rings (SSSR count). The SMILES string of the molecule is COC1C(OCC(OCc2ccccc2)C(OCc2ccccc2)C(COC(C)P(=O)(OCc2ccccc2)OC2C(COCc3ccccc3)OC(OCC(OCc3ccccc3)C(OCc3ccccc3)C(CO)OCc3ccccc3)C2OC)OCc2ccccc2)OC(COCc2ccccc2)C1OP(=O)(OCc1ccccc1)C(C)C. The van der Waals surface area contributed by atoms with Gasteiger partial charge in [-0.2, -0.15) is 0 Å². The fourth-order valence-corrected chi connectivity index (χ4v) is 17.1. The van der Waals surface area contributed by atoms with Gasteiger partial charge in [0.2, 0.25) is 0 Å². The third-order valence-corrected chi connectivity index (χ3v) is 25.1. The summed E-state index contributed by atoms with van der Waals surface area (Å²) in [7, 11) is -5.58. The molecule has 22 nitrogen and oxygen atoms in total. The van der Waals surface area contributed by atoms with Crippen molar-refractivity contribution in [1.82, 2.24) is 0 Å². The molecule has 24 heteroatoms. The van der Waals surface area contributed by atoms with Gasteiger partial charge in [0.05, 0.1) is 111 Å². The molecule has 2 aliphatic rings. The fourth-order valence-electron chi connectivity index (χ4n) is 14.0. The summed E-state index contributed by atoms with van der Waals surface area (Å²) in [6.07, 6.45) is -14.7. The molecule has 2 aliphatic heterocycles. The zero-order chi connectivity index (χ0) is 84.1. The lowest BCUT2D eigenvalue weighted by Gasteiger charge is -2.36. The molecule has 644 valence electrons. The third kappa shape index (κ3) is 28.7. The minimum atomic E-state index is -4.65. The van der Waals surface area contributed by atoms with Crippen LogP contribution in [0.3, 0.4) is 0 Å². The Bertz CT molecular complexity index is 4550. The van der Waals surface area contributed by atoms with E-state index < -0.39 is 119 Å². The van der Waals surface area contributed by atoms with Gasteiger partial charge in [-0.1, -0.05) is 317 Å². The molecule has 0 saturated carbocycles. The molecule has 121 heavy (non-hydrogen) atoms. The third-order valence-electron chi connectivity index (χ3n) is 20.8. The molecule has 2 fully saturated rings. The molecule has 10 aromatic rings. The maximum Gasteiger partial charge on any atom is 0.359 e. The number of hydrogen-bond acceptors (Lipinski definition) is 22. The van der Waals surface area contributed by atoms with Crippen LogP contribution in [0.2, 0.25) is 0 Å². The van der Waals surface area contributed by atoms with Crippen LogP contribution < -0.4 is 0 Å². The summed E-state index contributed by atoms with van der Waals surface area (Å²) in [4.78, 5) is 0. The Hall–Kier alpha value is -8.14. The molecular formula is C97H114O22P2. The molecule has 0 spiro atoms. The summed E-state index contributed by atoms with van der Waals surface area (Å²) >= 11 is 0. The number of aliphatic hydroxyl groups is 1. The second-order valence-corrected chi connectivity index (χ2v) is 34.8. The molecule has 1 N–H and O–H groups in total. The predicted molar refractivity (Wildman–Crippen MR) is 458 cm³/mol. The van der Waals surface area contributed by atoms with E-state index in [9.17, 15) is 5.11 Å². The molecule has 17 unspecified atom stereocenters. The van der Waals surface area contributed by atoms with Crippen molar-refractivity contribution >= 4 is 15.2 Å². The number of ether oxygens (including phenoxy) is 15. The highest BCUT2D eigenvalue weighted by molar-refractivity contribution is 7.54. The lowest BCUT2D eigenvalue weighted by Crippen LogP contribution is -2.48. The van der Waals surface area contributed by atoms with Gasteiger partial charge < -0.3 is 85.2 Å². The van der Waals surface area contributed by atoms with Crippen LogP contribution >= 0.6 is 15.2 Å². The van der Waals surface area contributed by atoms with E-state index in [4.69, 9.17) is 89.1 Å². The van der Waals surface area contributed by atoms with Gasteiger partial charge >= 0.3 is 15.2 Å². The molecule has 0 aromatic heterocycles. The maximum absolute atomic E-state index is 16.9. The number of methoxy groups -OCH3 is 2. The van der Waals surface area contributed by atoms with E-state index in [0.29, 0.717) is 5.56 Å². The molecule has 0 aliphatic carbocycles. The van der Waals surface area contributed by atoms with E-state index in [1.54, 1.807) is 20.8 Å². The van der Waals surface area contributed by atoms with E-state index in [1.165, 1.54) is 14.2 Å². The molecular weight excluding hydrogens is 1580 g/mol. The average molecular weight is 1690 g/mol. The topological polar surface area (TPSA) is 230 Å². The van der Waals surface area contributed by atoms with Crippen LogP contribution in [0.15, 0.2) is 303 Å². The van der Waals surface area contributed by atoms with E-state index in [0.717, 1.165) is 50.1 Å². The Balaban J connectivity index is 0.866. The molecule has 0 amide bonds. The van der Waals surface area contributed by atoms with Crippen molar-refractivity contribution in [2.24, 2.45) is 0 Å². The van der Waals surface area contributed by atoms with E-state index >= 15 is 9.13 Å². The highest BCUT2D eigenvalue weighted by atomic mass is 31.2. The first-order valence-electron chi connectivity index (χ1n) is 41.2. The first-order chi connectivity index (χ1) is 59.3. The minimum Gasteiger partial charge on any atom is -0.394 e. The van der Waals surface area contributed by atoms with Crippen LogP contribution in [0.4, 0.5) is 0 Å². The van der Waals surface area contributed by atoms with E-state index in [-0.39, 0.29) is 99.1 Å². The lowest BCUT2D eigenvalue weighted by molar-refractivity contribution is -0.221. The Morgan fingerprint density at radius 2 is 0.562 bits per heavy atom. The summed E-state index contributed by atoms with van der Waals surface area (Å²) in [6, 6.07) is 96.5. The van der Waals surface area contributed by atoms with Gasteiger partial charge in [-0.05, 0) is 62.6 Å². The Kier molecular flexibility index (Phi) is 37.6. The first kappa shape index (κ1) is 92.1. The van der Waals surface area contributed by atoms with Crippen LogP contribution in [-0.4, -0.2) is 156 Å². The van der Waals surface area contributed by atoms with Crippen LogP contribution in [0, 0.1) is 0 Å². The van der Waals surface area contributed by atoms with Crippen LogP contribution in [0.1, 0.15) is 76.4 Å². The highest BCUT2D eigenvalue weighted by Gasteiger charge is 2.54. The van der Waals surface area contributed by atoms with Gasteiger partial charge in [0.15, 0.2) is 18.4 Å². The van der Waals surface area contributed by atoms with Gasteiger partial charge in [0.1, 0.15) is 73.2 Å². The monoisotopic (exact) mass is 1690 g/mol. The fraction of sp³-hybridized carbons (Fsp3) is 0.381. The Morgan fingerprint density at radius 3 is 0.860 bits per heavy atom. The van der Waals surface area contributed by atoms with E-state index in [1.807, 2.05) is 303 Å². The quantitative estimate of drug-likeness (QED) is 0.0349. The van der Waals surface area contributed by atoms with Crippen molar-refractivity contribution in [3.63, 3.8) is 0 Å². The van der Waals surface area contributed by atoms with Crippen molar-refractivity contribution < 1.29 is 103 Å². The number of aliphatic hydroxyl groups excluding tert-OH is 1. The molecule has 2 saturated heterocycles. The second-order valence-electron chi connectivity index (χ2n) is 30.0. The Labute approximate surface area is 711 Å². The summed E-state index contributed by atoms with van der Waals surface area (Å²) in [5.74, 6) is -1.38. The predicted octanol–water partition coefficient (Wildman–Crippen LogP) is 17.8. The first-order valence-corrected chi connectivity index (χ1v) is 44.5. The van der Waals surface area contributed by atoms with Crippen LogP contribution in [-0.2, 0) is 164 Å². The lowest BCUT2D eigenvalue weighted by atomic mass is 10.1. The van der Waals surface area contributed by atoms with Crippen molar-refractivity contribution in [2.45, 2.75) is 184 Å². The number of benzene rings is 10. The highest BCUT2D eigenvalue weighted by Crippen LogP contribution is 2.58. The average Bonchev–Trinajstić information content (AvgIpc) is 1.66. The summed E-state index contributed by atoms with van der Waals surface area (Å²) in [6.45, 7) is 4.88. The minimum absolute atomic E-state index is 0.00621. The number of rotatable bonds is 54. The summed E-state index contributed by atoms with van der Waals surface area (Å²) in [5.41, 5.74) is 7.93. The molecule has 10 aromatic carbocycles. The van der Waals surface area contributed by atoms with Crippen molar-refractivity contribution in [1.29, 1.82) is 0 Å². The van der Waals surface area contributed by atoms with Gasteiger partial charge in [-0.25, -0.2) is 0 Å². The van der Waals surface area contributed by atoms with Crippen molar-refractivity contribution in [2.75, 3.05) is 53.9 Å². The second kappa shape index (κ2) is 49.4. The molecule has 0 radical (unpaired) electrons. The molecule has 2 heterocycles. The molecule has 0 bridgehead atoms. The van der Waals surface area contributed by atoms with Gasteiger partial charge in [-0.15, -0.1) is 0 Å². The van der Waals surface area contributed by atoms with Crippen LogP contribution in [0.5, 0.6) is 0 Å². The zero-order valence-corrected chi connectivity index (χ0v) is 71.1.